The summed E-state index contributed by atoms with van der Waals surface area (Å²) in [5.41, 5.74) is -0.351. The van der Waals surface area contributed by atoms with Crippen molar-refractivity contribution in [3.8, 4) is 0 Å². The van der Waals surface area contributed by atoms with E-state index in [-0.39, 0.29) is 17.0 Å². The van der Waals surface area contributed by atoms with Crippen molar-refractivity contribution in [1.29, 1.82) is 0 Å². The monoisotopic (exact) mass is 309 g/mol. The van der Waals surface area contributed by atoms with Gasteiger partial charge in [-0.05, 0) is 52.5 Å². The molecule has 1 aliphatic rings. The van der Waals surface area contributed by atoms with Crippen LogP contribution in [0.15, 0.2) is 11.9 Å². The van der Waals surface area contributed by atoms with E-state index in [2.05, 4.69) is 42.8 Å². The molecule has 3 N–H and O–H groups in total. The first-order valence-electron chi connectivity index (χ1n) is 8.59. The maximum Gasteiger partial charge on any atom is 0.155 e. The molecule has 0 aromatic heterocycles. The summed E-state index contributed by atoms with van der Waals surface area (Å²) >= 11 is 0. The van der Waals surface area contributed by atoms with Gasteiger partial charge in [-0.2, -0.15) is 0 Å². The van der Waals surface area contributed by atoms with Crippen molar-refractivity contribution >= 4 is 5.78 Å². The Bertz CT molecular complexity index is 388. The lowest BCUT2D eigenvalue weighted by Gasteiger charge is -2.32. The summed E-state index contributed by atoms with van der Waals surface area (Å²) in [6, 6.07) is -0.0740. The molecule has 0 fully saturated rings. The third-order valence-corrected chi connectivity index (χ3v) is 3.69. The molecule has 1 aliphatic heterocycles. The van der Waals surface area contributed by atoms with Crippen LogP contribution in [0.1, 0.15) is 67.2 Å². The smallest absolute Gasteiger partial charge is 0.155 e. The van der Waals surface area contributed by atoms with E-state index in [1.165, 1.54) is 6.42 Å². The van der Waals surface area contributed by atoms with Gasteiger partial charge in [-0.25, -0.2) is 0 Å². The van der Waals surface area contributed by atoms with Crippen LogP contribution in [0.2, 0.25) is 0 Å². The molecule has 0 bridgehead atoms. The maximum absolute atomic E-state index is 12.6. The number of allylic oxidation sites excluding steroid dienone is 1. The Kier molecular flexibility index (Phi) is 6.92. The summed E-state index contributed by atoms with van der Waals surface area (Å²) in [6.07, 6.45) is 6.42. The van der Waals surface area contributed by atoms with E-state index < -0.39 is 0 Å². The van der Waals surface area contributed by atoms with Crippen molar-refractivity contribution in [3.63, 3.8) is 0 Å². The summed E-state index contributed by atoms with van der Waals surface area (Å²) in [7, 11) is 0. The second-order valence-electron chi connectivity index (χ2n) is 8.32. The number of carbonyl (C=O) groups is 1. The lowest BCUT2D eigenvalue weighted by atomic mass is 9.84. The van der Waals surface area contributed by atoms with Gasteiger partial charge in [0.15, 0.2) is 5.78 Å². The normalized spacial score (nSPS) is 17.5. The van der Waals surface area contributed by atoms with Gasteiger partial charge < -0.3 is 16.0 Å². The molecule has 0 radical (unpaired) electrons. The van der Waals surface area contributed by atoms with Crippen molar-refractivity contribution in [1.82, 2.24) is 16.0 Å². The van der Waals surface area contributed by atoms with Crippen molar-refractivity contribution in [2.75, 3.05) is 13.1 Å². The van der Waals surface area contributed by atoms with Gasteiger partial charge >= 0.3 is 0 Å². The highest BCUT2D eigenvalue weighted by atomic mass is 16.1. The predicted octanol–water partition coefficient (Wildman–Crippen LogP) is 2.95. The first-order valence-corrected chi connectivity index (χ1v) is 8.59. The number of rotatable bonds is 7. The summed E-state index contributed by atoms with van der Waals surface area (Å²) in [4.78, 5) is 12.6. The first kappa shape index (κ1) is 19.0. The van der Waals surface area contributed by atoms with Crippen LogP contribution in [0.3, 0.4) is 0 Å². The average Bonchev–Trinajstić information content (AvgIpc) is 2.40. The van der Waals surface area contributed by atoms with Gasteiger partial charge in [-0.15, -0.1) is 0 Å². The van der Waals surface area contributed by atoms with E-state index in [4.69, 9.17) is 0 Å². The second kappa shape index (κ2) is 8.00. The molecule has 1 atom stereocenters. The zero-order chi connectivity index (χ0) is 16.8. The Hall–Kier alpha value is -1.03. The Balaban J connectivity index is 2.46. The van der Waals surface area contributed by atoms with E-state index in [9.17, 15) is 4.79 Å². The molecular weight excluding hydrogens is 274 g/mol. The number of hydrogen-bond acceptors (Lipinski definition) is 4. The van der Waals surface area contributed by atoms with Gasteiger partial charge in [0, 0.05) is 24.0 Å². The van der Waals surface area contributed by atoms with Crippen LogP contribution in [0.5, 0.6) is 0 Å². The molecule has 4 nitrogen and oxygen atoms in total. The van der Waals surface area contributed by atoms with Crippen LogP contribution in [0, 0.1) is 5.41 Å². The van der Waals surface area contributed by atoms with E-state index in [1.807, 2.05) is 20.8 Å². The maximum atomic E-state index is 12.6. The van der Waals surface area contributed by atoms with Gasteiger partial charge in [0.05, 0.1) is 11.9 Å². The second-order valence-corrected chi connectivity index (χ2v) is 8.32. The van der Waals surface area contributed by atoms with E-state index >= 15 is 0 Å². The van der Waals surface area contributed by atoms with Crippen molar-refractivity contribution < 1.29 is 4.79 Å². The molecule has 1 rings (SSSR count). The van der Waals surface area contributed by atoms with Gasteiger partial charge in [0.25, 0.3) is 0 Å². The third-order valence-electron chi connectivity index (χ3n) is 3.69. The molecule has 0 aromatic rings. The Morgan fingerprint density at radius 1 is 1.27 bits per heavy atom. The van der Waals surface area contributed by atoms with Gasteiger partial charge in [-0.1, -0.05) is 20.8 Å². The Morgan fingerprint density at radius 2 is 1.95 bits per heavy atom. The van der Waals surface area contributed by atoms with Crippen LogP contribution in [0.25, 0.3) is 0 Å². The molecule has 128 valence electrons. The molecule has 0 unspecified atom stereocenters. The molecule has 0 aliphatic carbocycles. The van der Waals surface area contributed by atoms with Crippen LogP contribution >= 0.6 is 0 Å². The molecule has 0 spiro atoms. The minimum Gasteiger partial charge on any atom is -0.372 e. The molecule has 0 aromatic carbocycles. The summed E-state index contributed by atoms with van der Waals surface area (Å²) in [6.45, 7) is 14.3. The van der Waals surface area contributed by atoms with E-state index in [1.54, 1.807) is 0 Å². The van der Waals surface area contributed by atoms with Crippen molar-refractivity contribution in [2.24, 2.45) is 5.41 Å². The van der Waals surface area contributed by atoms with Crippen LogP contribution in [-0.2, 0) is 4.79 Å². The zero-order valence-electron chi connectivity index (χ0n) is 15.3. The summed E-state index contributed by atoms with van der Waals surface area (Å²) in [5.74, 6) is 1.45. The minimum atomic E-state index is -0.302. The van der Waals surface area contributed by atoms with Crippen molar-refractivity contribution in [3.05, 3.63) is 11.9 Å². The number of Topliss-reactive ketones (excluding diaryl/α,β-unsaturated/α-hetero) is 1. The molecule has 22 heavy (non-hydrogen) atoms. The third kappa shape index (κ3) is 7.30. The standard InChI is InChI=1S/C18H35N3O/c1-17(2,3)16(22)14(21-18(4,5)6)10-9-13-20-15-11-7-8-12-19-15/h11,14,19-21H,7-10,12-13H2,1-6H3/t14-/m1/s1. The van der Waals surface area contributed by atoms with Crippen LogP contribution < -0.4 is 16.0 Å². The van der Waals surface area contributed by atoms with Crippen LogP contribution in [0.4, 0.5) is 0 Å². The number of hydrogen-bond donors (Lipinski definition) is 3. The number of ketones is 1. The fourth-order valence-electron chi connectivity index (χ4n) is 2.62. The van der Waals surface area contributed by atoms with Gasteiger partial charge in [0.1, 0.15) is 0 Å². The highest BCUT2D eigenvalue weighted by Gasteiger charge is 2.31. The average molecular weight is 309 g/mol. The highest BCUT2D eigenvalue weighted by Crippen LogP contribution is 2.20. The predicted molar refractivity (Wildman–Crippen MR) is 93.7 cm³/mol. The molecule has 4 heteroatoms. The summed E-state index contributed by atoms with van der Waals surface area (Å²) < 4.78 is 0. The zero-order valence-corrected chi connectivity index (χ0v) is 15.3. The van der Waals surface area contributed by atoms with Crippen LogP contribution in [-0.4, -0.2) is 30.5 Å². The SMILES string of the molecule is CC(C)(C)N[C@H](CCCNC1=CCCCN1)C(=O)C(C)(C)C. The summed E-state index contributed by atoms with van der Waals surface area (Å²) in [5, 5.41) is 10.3. The molecular formula is C18H35N3O. The van der Waals surface area contributed by atoms with E-state index in [0.29, 0.717) is 5.78 Å². The minimum absolute atomic E-state index is 0.0491. The number of carbonyl (C=O) groups excluding carboxylic acids is 1. The largest absolute Gasteiger partial charge is 0.372 e. The van der Waals surface area contributed by atoms with Gasteiger partial charge in [-0.3, -0.25) is 4.79 Å². The lowest BCUT2D eigenvalue weighted by Crippen LogP contribution is -2.51. The fraction of sp³-hybridized carbons (Fsp3) is 0.833. The Labute approximate surface area is 136 Å². The first-order chi connectivity index (χ1) is 10.1. The molecule has 0 amide bonds. The lowest BCUT2D eigenvalue weighted by molar-refractivity contribution is -0.129. The van der Waals surface area contributed by atoms with E-state index in [0.717, 1.165) is 38.2 Å². The number of nitrogens with one attached hydrogen (secondary N) is 3. The molecule has 0 saturated carbocycles. The molecule has 1 heterocycles. The van der Waals surface area contributed by atoms with Crippen molar-refractivity contribution in [2.45, 2.75) is 78.8 Å². The van der Waals surface area contributed by atoms with Gasteiger partial charge in [0.2, 0.25) is 0 Å². The fourth-order valence-corrected chi connectivity index (χ4v) is 2.62. The molecule has 0 saturated heterocycles. The quantitative estimate of drug-likeness (QED) is 0.633. The topological polar surface area (TPSA) is 53.2 Å². The Morgan fingerprint density at radius 3 is 2.45 bits per heavy atom. The highest BCUT2D eigenvalue weighted by molar-refractivity contribution is 5.88.